The zero-order valence-electron chi connectivity index (χ0n) is 13.5. The van der Waals surface area contributed by atoms with Crippen molar-refractivity contribution in [1.82, 2.24) is 10.2 Å². The van der Waals surface area contributed by atoms with Crippen LogP contribution in [-0.2, 0) is 9.59 Å². The Morgan fingerprint density at radius 1 is 1.20 bits per heavy atom. The van der Waals surface area contributed by atoms with E-state index >= 15 is 0 Å². The molecule has 3 rings (SSSR count). The number of fused-ring (bicyclic) bond motifs is 1. The van der Waals surface area contributed by atoms with Gasteiger partial charge in [0.2, 0.25) is 5.91 Å². The van der Waals surface area contributed by atoms with Gasteiger partial charge in [0.15, 0.2) is 11.5 Å². The molecule has 0 aromatic heterocycles. The molecule has 1 unspecified atom stereocenters. The number of hydrogen-bond donors (Lipinski definition) is 3. The Bertz CT molecular complexity index is 692. The van der Waals surface area contributed by atoms with Gasteiger partial charge in [-0.2, -0.15) is 0 Å². The van der Waals surface area contributed by atoms with Crippen molar-refractivity contribution in [3.63, 3.8) is 0 Å². The standard InChI is InChI=1S/C16H19N3O6/c20-14(9-19-4-3-10(8-19)15(21)22)18-16(23)17-11-1-2-12-13(7-11)25-6-5-24-12/h1-2,7,10H,3-6,8-9H2,(H,21,22)(H2,17,18,20,23). The van der Waals surface area contributed by atoms with Gasteiger partial charge in [-0.1, -0.05) is 0 Å². The molecular formula is C16H19N3O6. The number of likely N-dealkylation sites (tertiary alicyclic amines) is 1. The van der Waals surface area contributed by atoms with Crippen molar-refractivity contribution in [3.8, 4) is 11.5 Å². The lowest BCUT2D eigenvalue weighted by Gasteiger charge is -2.19. The highest BCUT2D eigenvalue weighted by atomic mass is 16.6. The summed E-state index contributed by atoms with van der Waals surface area (Å²) < 4.78 is 10.8. The Kier molecular flexibility index (Phi) is 5.03. The number of anilines is 1. The number of hydrogen-bond acceptors (Lipinski definition) is 6. The van der Waals surface area contributed by atoms with E-state index in [4.69, 9.17) is 14.6 Å². The van der Waals surface area contributed by atoms with Crippen LogP contribution in [0.2, 0.25) is 0 Å². The van der Waals surface area contributed by atoms with Gasteiger partial charge in [0.05, 0.1) is 12.5 Å². The SMILES string of the molecule is O=C(CN1CCC(C(=O)O)C1)NC(=O)Nc1ccc2c(c1)OCCO2. The summed E-state index contributed by atoms with van der Waals surface area (Å²) in [4.78, 5) is 36.4. The van der Waals surface area contributed by atoms with Crippen LogP contribution >= 0.6 is 0 Å². The first-order valence-electron chi connectivity index (χ1n) is 7.97. The highest BCUT2D eigenvalue weighted by Crippen LogP contribution is 2.32. The number of carbonyl (C=O) groups is 3. The molecule has 134 valence electrons. The summed E-state index contributed by atoms with van der Waals surface area (Å²) in [6, 6.07) is 4.30. The summed E-state index contributed by atoms with van der Waals surface area (Å²) in [5.41, 5.74) is 0.474. The van der Waals surface area contributed by atoms with Crippen molar-refractivity contribution >= 4 is 23.6 Å². The van der Waals surface area contributed by atoms with E-state index in [1.165, 1.54) is 0 Å². The smallest absolute Gasteiger partial charge is 0.325 e. The average Bonchev–Trinajstić information content (AvgIpc) is 3.03. The largest absolute Gasteiger partial charge is 0.486 e. The normalized spacial score (nSPS) is 19.3. The fourth-order valence-corrected chi connectivity index (χ4v) is 2.83. The summed E-state index contributed by atoms with van der Waals surface area (Å²) in [7, 11) is 0. The molecule has 9 nitrogen and oxygen atoms in total. The zero-order chi connectivity index (χ0) is 17.8. The van der Waals surface area contributed by atoms with Gasteiger partial charge < -0.3 is 19.9 Å². The molecule has 0 spiro atoms. The number of imide groups is 1. The average molecular weight is 349 g/mol. The molecule has 3 N–H and O–H groups in total. The van der Waals surface area contributed by atoms with Gasteiger partial charge in [0.1, 0.15) is 13.2 Å². The molecule has 0 bridgehead atoms. The zero-order valence-corrected chi connectivity index (χ0v) is 13.5. The molecule has 1 saturated heterocycles. The van der Waals surface area contributed by atoms with E-state index in [9.17, 15) is 14.4 Å². The monoisotopic (exact) mass is 349 g/mol. The number of carboxylic acids is 1. The number of benzene rings is 1. The number of carboxylic acid groups (broad SMARTS) is 1. The molecule has 25 heavy (non-hydrogen) atoms. The topological polar surface area (TPSA) is 117 Å². The second-order valence-corrected chi connectivity index (χ2v) is 5.92. The summed E-state index contributed by atoms with van der Waals surface area (Å²) >= 11 is 0. The van der Waals surface area contributed by atoms with Crippen molar-refractivity contribution in [2.45, 2.75) is 6.42 Å². The summed E-state index contributed by atoms with van der Waals surface area (Å²) in [6.07, 6.45) is 0.506. The van der Waals surface area contributed by atoms with E-state index in [2.05, 4.69) is 10.6 Å². The van der Waals surface area contributed by atoms with Gasteiger partial charge in [-0.3, -0.25) is 19.8 Å². The second kappa shape index (κ2) is 7.39. The Morgan fingerprint density at radius 2 is 1.96 bits per heavy atom. The number of carbonyl (C=O) groups excluding carboxylic acids is 2. The van der Waals surface area contributed by atoms with E-state index < -0.39 is 23.8 Å². The maximum absolute atomic E-state index is 11.9. The van der Waals surface area contributed by atoms with Crippen molar-refractivity contribution in [1.29, 1.82) is 0 Å². The van der Waals surface area contributed by atoms with E-state index in [1.54, 1.807) is 23.1 Å². The van der Waals surface area contributed by atoms with E-state index in [0.29, 0.717) is 49.9 Å². The highest BCUT2D eigenvalue weighted by molar-refractivity contribution is 6.01. The number of nitrogens with one attached hydrogen (secondary N) is 2. The molecule has 3 amide bonds. The third-order valence-electron chi connectivity index (χ3n) is 4.04. The molecule has 9 heteroatoms. The predicted molar refractivity (Wildman–Crippen MR) is 86.8 cm³/mol. The lowest BCUT2D eigenvalue weighted by Crippen LogP contribution is -2.41. The van der Waals surface area contributed by atoms with Crippen LogP contribution in [0.15, 0.2) is 18.2 Å². The second-order valence-electron chi connectivity index (χ2n) is 5.92. The third-order valence-corrected chi connectivity index (χ3v) is 4.04. The Labute approximate surface area is 143 Å². The van der Waals surface area contributed by atoms with Crippen LogP contribution in [-0.4, -0.2) is 60.8 Å². The summed E-state index contributed by atoms with van der Waals surface area (Å²) in [5, 5.41) is 13.7. The molecular weight excluding hydrogens is 330 g/mol. The minimum absolute atomic E-state index is 0.0155. The molecule has 1 atom stereocenters. The molecule has 2 aliphatic heterocycles. The fourth-order valence-electron chi connectivity index (χ4n) is 2.83. The predicted octanol–water partition coefficient (Wildman–Crippen LogP) is 0.512. The van der Waals surface area contributed by atoms with Crippen LogP contribution < -0.4 is 20.1 Å². The Hall–Kier alpha value is -2.81. The van der Waals surface area contributed by atoms with Crippen molar-refractivity contribution in [2.75, 3.05) is 38.2 Å². The first kappa shape index (κ1) is 17.0. The minimum Gasteiger partial charge on any atom is -0.486 e. The lowest BCUT2D eigenvalue weighted by atomic mass is 10.1. The number of ether oxygens (including phenoxy) is 2. The molecule has 1 aromatic carbocycles. The highest BCUT2D eigenvalue weighted by Gasteiger charge is 2.29. The molecule has 1 fully saturated rings. The molecule has 1 aromatic rings. The van der Waals surface area contributed by atoms with Gasteiger partial charge in [-0.15, -0.1) is 0 Å². The minimum atomic E-state index is -0.862. The maximum Gasteiger partial charge on any atom is 0.325 e. The van der Waals surface area contributed by atoms with Gasteiger partial charge >= 0.3 is 12.0 Å². The van der Waals surface area contributed by atoms with Crippen LogP contribution in [0.1, 0.15) is 6.42 Å². The van der Waals surface area contributed by atoms with Crippen molar-refractivity contribution < 1.29 is 29.0 Å². The Balaban J connectivity index is 1.47. The number of aliphatic carboxylic acids is 1. The van der Waals surface area contributed by atoms with Gasteiger partial charge in [-0.25, -0.2) is 4.79 Å². The molecule has 0 saturated carbocycles. The van der Waals surface area contributed by atoms with Gasteiger partial charge in [0, 0.05) is 18.3 Å². The first-order valence-corrected chi connectivity index (χ1v) is 7.97. The van der Waals surface area contributed by atoms with E-state index in [-0.39, 0.29) is 6.54 Å². The van der Waals surface area contributed by atoms with Crippen LogP contribution in [0.25, 0.3) is 0 Å². The first-order chi connectivity index (χ1) is 12.0. The van der Waals surface area contributed by atoms with Crippen LogP contribution in [0.3, 0.4) is 0 Å². The lowest BCUT2D eigenvalue weighted by molar-refractivity contribution is -0.141. The maximum atomic E-state index is 11.9. The molecule has 2 heterocycles. The van der Waals surface area contributed by atoms with E-state index in [1.807, 2.05) is 0 Å². The quantitative estimate of drug-likeness (QED) is 0.725. The number of urea groups is 1. The van der Waals surface area contributed by atoms with Crippen LogP contribution in [0.5, 0.6) is 11.5 Å². The van der Waals surface area contributed by atoms with E-state index in [0.717, 1.165) is 0 Å². The molecule has 0 radical (unpaired) electrons. The van der Waals surface area contributed by atoms with Crippen molar-refractivity contribution in [3.05, 3.63) is 18.2 Å². The van der Waals surface area contributed by atoms with Gasteiger partial charge in [-0.05, 0) is 25.1 Å². The fraction of sp³-hybridized carbons (Fsp3) is 0.438. The number of rotatable bonds is 4. The summed E-state index contributed by atoms with van der Waals surface area (Å²) in [5.74, 6) is -0.665. The summed E-state index contributed by atoms with van der Waals surface area (Å²) in [6.45, 7) is 1.74. The molecule has 0 aliphatic carbocycles. The van der Waals surface area contributed by atoms with Crippen LogP contribution in [0.4, 0.5) is 10.5 Å². The van der Waals surface area contributed by atoms with Crippen molar-refractivity contribution in [2.24, 2.45) is 5.92 Å². The Morgan fingerprint density at radius 3 is 2.68 bits per heavy atom. The van der Waals surface area contributed by atoms with Crippen LogP contribution in [0, 0.1) is 5.92 Å². The number of nitrogens with zero attached hydrogens (tertiary/aromatic N) is 1. The van der Waals surface area contributed by atoms with Gasteiger partial charge in [0.25, 0.3) is 0 Å². The molecule has 2 aliphatic rings. The third kappa shape index (κ3) is 4.38. The number of amides is 3.